The highest BCUT2D eigenvalue weighted by molar-refractivity contribution is 7.99. The molecule has 2 aliphatic carbocycles. The van der Waals surface area contributed by atoms with Crippen LogP contribution in [0.1, 0.15) is 63.2 Å². The third kappa shape index (κ3) is 3.99. The van der Waals surface area contributed by atoms with E-state index in [4.69, 9.17) is 5.11 Å². The molecule has 0 unspecified atom stereocenters. The van der Waals surface area contributed by atoms with E-state index in [0.717, 1.165) is 23.3 Å². The van der Waals surface area contributed by atoms with Crippen molar-refractivity contribution in [3.8, 4) is 0 Å². The molecule has 0 bridgehead atoms. The first-order valence-corrected chi connectivity index (χ1v) is 9.01. The molecule has 0 radical (unpaired) electrons. The van der Waals surface area contributed by atoms with Crippen molar-refractivity contribution < 1.29 is 9.90 Å². The highest BCUT2D eigenvalue weighted by Gasteiger charge is 2.30. The van der Waals surface area contributed by atoms with Crippen LogP contribution in [0.5, 0.6) is 0 Å². The number of hydrogen-bond donors (Lipinski definition) is 1. The van der Waals surface area contributed by atoms with Crippen molar-refractivity contribution in [1.82, 2.24) is 14.8 Å². The summed E-state index contributed by atoms with van der Waals surface area (Å²) in [5, 5.41) is 18.2. The fourth-order valence-corrected chi connectivity index (χ4v) is 3.96. The number of carbonyl (C=O) groups is 1. The zero-order chi connectivity index (χ0) is 14.7. The summed E-state index contributed by atoms with van der Waals surface area (Å²) in [7, 11) is 0. The quantitative estimate of drug-likeness (QED) is 0.783. The van der Waals surface area contributed by atoms with E-state index in [2.05, 4.69) is 14.8 Å². The minimum Gasteiger partial charge on any atom is -0.481 e. The van der Waals surface area contributed by atoms with Gasteiger partial charge in [0.15, 0.2) is 5.16 Å². The molecule has 1 N–H and O–H groups in total. The van der Waals surface area contributed by atoms with E-state index in [9.17, 15) is 4.79 Å². The van der Waals surface area contributed by atoms with E-state index in [1.807, 2.05) is 0 Å². The molecule has 21 heavy (non-hydrogen) atoms. The summed E-state index contributed by atoms with van der Waals surface area (Å²) in [6.07, 6.45) is 11.4. The number of aromatic nitrogens is 3. The number of carboxylic acid groups (broad SMARTS) is 1. The van der Waals surface area contributed by atoms with Gasteiger partial charge in [-0.25, -0.2) is 0 Å². The summed E-state index contributed by atoms with van der Waals surface area (Å²) in [6.45, 7) is 0. The molecule has 1 aromatic heterocycles. The maximum Gasteiger partial charge on any atom is 0.313 e. The van der Waals surface area contributed by atoms with E-state index < -0.39 is 5.97 Å². The summed E-state index contributed by atoms with van der Waals surface area (Å²) >= 11 is 1.30. The molecule has 2 aliphatic rings. The summed E-state index contributed by atoms with van der Waals surface area (Å²) < 4.78 is 2.20. The third-order valence-corrected chi connectivity index (χ3v) is 5.40. The second-order valence-electron chi connectivity index (χ2n) is 6.23. The Morgan fingerprint density at radius 1 is 1.19 bits per heavy atom. The molecule has 116 valence electrons. The zero-order valence-corrected chi connectivity index (χ0v) is 13.1. The molecular weight excluding hydrogens is 286 g/mol. The number of hydrogen-bond acceptors (Lipinski definition) is 4. The number of aryl methyl sites for hydroxylation is 1. The van der Waals surface area contributed by atoms with Gasteiger partial charge in [-0.3, -0.25) is 4.79 Å². The molecule has 0 amide bonds. The van der Waals surface area contributed by atoms with Gasteiger partial charge in [0, 0.05) is 12.5 Å². The molecular formula is C15H23N3O2S. The van der Waals surface area contributed by atoms with Gasteiger partial charge in [-0.2, -0.15) is 0 Å². The molecule has 0 atom stereocenters. The molecule has 1 aromatic rings. The van der Waals surface area contributed by atoms with Gasteiger partial charge in [0.05, 0.1) is 5.75 Å². The molecule has 5 nitrogen and oxygen atoms in total. The molecule has 2 fully saturated rings. The maximum absolute atomic E-state index is 10.7. The predicted molar refractivity (Wildman–Crippen MR) is 81.5 cm³/mol. The molecule has 6 heteroatoms. The zero-order valence-electron chi connectivity index (χ0n) is 12.3. The van der Waals surface area contributed by atoms with E-state index in [-0.39, 0.29) is 5.75 Å². The molecule has 0 aliphatic heterocycles. The molecule has 3 rings (SSSR count). The van der Waals surface area contributed by atoms with Crippen molar-refractivity contribution in [2.24, 2.45) is 5.92 Å². The SMILES string of the molecule is O=C(O)CSc1nnc(CCC2CCCCC2)n1C1CC1. The number of aliphatic carboxylic acids is 1. The van der Waals surface area contributed by atoms with Gasteiger partial charge in [-0.05, 0) is 25.2 Å². The van der Waals surface area contributed by atoms with Crippen LogP contribution in [0.25, 0.3) is 0 Å². The maximum atomic E-state index is 10.7. The normalized spacial score (nSPS) is 19.8. The monoisotopic (exact) mass is 309 g/mol. The van der Waals surface area contributed by atoms with Crippen LogP contribution in [0.2, 0.25) is 0 Å². The summed E-state index contributed by atoms with van der Waals surface area (Å²) in [5.74, 6) is 1.18. The minimum absolute atomic E-state index is 0.0630. The summed E-state index contributed by atoms with van der Waals surface area (Å²) in [5.41, 5.74) is 0. The summed E-state index contributed by atoms with van der Waals surface area (Å²) in [6, 6.07) is 0.512. The molecule has 0 saturated heterocycles. The molecule has 0 spiro atoms. The van der Waals surface area contributed by atoms with Crippen LogP contribution in [0.3, 0.4) is 0 Å². The van der Waals surface area contributed by atoms with Crippen LogP contribution in [-0.2, 0) is 11.2 Å². The first-order chi connectivity index (χ1) is 10.2. The van der Waals surface area contributed by atoms with E-state index >= 15 is 0 Å². The number of carboxylic acids is 1. The van der Waals surface area contributed by atoms with E-state index in [1.165, 1.54) is 63.1 Å². The van der Waals surface area contributed by atoms with Gasteiger partial charge in [-0.1, -0.05) is 43.9 Å². The highest BCUT2D eigenvalue weighted by atomic mass is 32.2. The Hall–Kier alpha value is -1.04. The van der Waals surface area contributed by atoms with E-state index in [1.54, 1.807) is 0 Å². The van der Waals surface area contributed by atoms with E-state index in [0.29, 0.717) is 6.04 Å². The minimum atomic E-state index is -0.797. The fourth-order valence-electron chi connectivity index (χ4n) is 3.21. The number of rotatable bonds is 7. The fraction of sp³-hybridized carbons (Fsp3) is 0.800. The number of nitrogens with zero attached hydrogens (tertiary/aromatic N) is 3. The highest BCUT2D eigenvalue weighted by Crippen LogP contribution is 2.39. The average molecular weight is 309 g/mol. The van der Waals surface area contributed by atoms with Crippen LogP contribution in [0, 0.1) is 5.92 Å². The predicted octanol–water partition coefficient (Wildman–Crippen LogP) is 3.30. The Bertz CT molecular complexity index is 493. The molecule has 1 heterocycles. The van der Waals surface area contributed by atoms with Crippen LogP contribution in [0.4, 0.5) is 0 Å². The van der Waals surface area contributed by atoms with Gasteiger partial charge < -0.3 is 9.67 Å². The molecule has 2 saturated carbocycles. The van der Waals surface area contributed by atoms with Crippen molar-refractivity contribution in [3.05, 3.63) is 5.82 Å². The Balaban J connectivity index is 1.62. The van der Waals surface area contributed by atoms with Gasteiger partial charge in [0.2, 0.25) is 0 Å². The lowest BCUT2D eigenvalue weighted by Gasteiger charge is -2.21. The van der Waals surface area contributed by atoms with Gasteiger partial charge in [-0.15, -0.1) is 10.2 Å². The Morgan fingerprint density at radius 2 is 1.95 bits per heavy atom. The lowest BCUT2D eigenvalue weighted by molar-refractivity contribution is -0.133. The second-order valence-corrected chi connectivity index (χ2v) is 7.17. The third-order valence-electron chi connectivity index (χ3n) is 4.47. The van der Waals surface area contributed by atoms with Gasteiger partial charge >= 0.3 is 5.97 Å². The Labute approximate surface area is 129 Å². The second kappa shape index (κ2) is 6.81. The van der Waals surface area contributed by atoms with Crippen LogP contribution >= 0.6 is 11.8 Å². The van der Waals surface area contributed by atoms with Crippen molar-refractivity contribution >= 4 is 17.7 Å². The Morgan fingerprint density at radius 3 is 2.62 bits per heavy atom. The summed E-state index contributed by atoms with van der Waals surface area (Å²) in [4.78, 5) is 10.7. The van der Waals surface area contributed by atoms with Crippen molar-refractivity contribution in [3.63, 3.8) is 0 Å². The topological polar surface area (TPSA) is 68.0 Å². The Kier molecular flexibility index (Phi) is 4.83. The smallest absolute Gasteiger partial charge is 0.313 e. The van der Waals surface area contributed by atoms with Crippen LogP contribution in [-0.4, -0.2) is 31.6 Å². The van der Waals surface area contributed by atoms with Crippen LogP contribution in [0.15, 0.2) is 5.16 Å². The van der Waals surface area contributed by atoms with Gasteiger partial charge in [0.25, 0.3) is 0 Å². The molecule has 0 aromatic carbocycles. The number of thioether (sulfide) groups is 1. The standard InChI is InChI=1S/C15H23N3O2S/c19-14(20)10-21-15-17-16-13(18(15)12-7-8-12)9-6-11-4-2-1-3-5-11/h11-12H,1-10H2,(H,19,20). The lowest BCUT2D eigenvalue weighted by Crippen LogP contribution is -2.10. The van der Waals surface area contributed by atoms with Crippen LogP contribution < -0.4 is 0 Å². The van der Waals surface area contributed by atoms with Gasteiger partial charge in [0.1, 0.15) is 5.82 Å². The average Bonchev–Trinajstić information content (AvgIpc) is 3.25. The largest absolute Gasteiger partial charge is 0.481 e. The first-order valence-electron chi connectivity index (χ1n) is 8.02. The van der Waals surface area contributed by atoms with Crippen molar-refractivity contribution in [2.75, 3.05) is 5.75 Å². The van der Waals surface area contributed by atoms with Crippen molar-refractivity contribution in [2.45, 2.75) is 69.0 Å². The first kappa shape index (κ1) is 14.9. The van der Waals surface area contributed by atoms with Crippen molar-refractivity contribution in [1.29, 1.82) is 0 Å². The lowest BCUT2D eigenvalue weighted by atomic mass is 9.86.